The topological polar surface area (TPSA) is 150 Å². The highest BCUT2D eigenvalue weighted by Gasteiger charge is 2.99. The van der Waals surface area contributed by atoms with Gasteiger partial charge >= 0.3 is 17.9 Å². The first-order chi connectivity index (χ1) is 31.1. The average molecular weight is 914 g/mol. The minimum absolute atomic E-state index is 0.0598. The number of aromatic nitrogens is 1. The van der Waals surface area contributed by atoms with Gasteiger partial charge in [-0.2, -0.15) is 0 Å². The number of ether oxygens (including phenoxy) is 5. The molecule has 8 aliphatic rings. The van der Waals surface area contributed by atoms with Crippen LogP contribution >= 0.6 is 11.8 Å². The van der Waals surface area contributed by atoms with Crippen molar-refractivity contribution >= 4 is 40.6 Å². The van der Waals surface area contributed by atoms with Crippen molar-refractivity contribution < 1.29 is 43.2 Å². The van der Waals surface area contributed by atoms with Crippen LogP contribution in [0.4, 0.5) is 0 Å². The molecule has 0 radical (unpaired) electrons. The highest BCUT2D eigenvalue weighted by molar-refractivity contribution is 7.99. The van der Waals surface area contributed by atoms with Gasteiger partial charge in [-0.1, -0.05) is 32.1 Å². The fourth-order valence-electron chi connectivity index (χ4n) is 14.8. The molecule has 4 saturated heterocycles. The number of hydrogen-bond acceptors (Lipinski definition) is 14. The Labute approximate surface area is 387 Å². The maximum Gasteiger partial charge on any atom is 0.347 e. The van der Waals surface area contributed by atoms with E-state index >= 15 is 4.79 Å². The minimum atomic E-state index is -1.65. The summed E-state index contributed by atoms with van der Waals surface area (Å²) in [5.41, 5.74) is -2.02. The fourth-order valence-corrected chi connectivity index (χ4v) is 15.8. The highest BCUT2D eigenvalue weighted by atomic mass is 32.2. The Balaban J connectivity index is 1.23. The van der Waals surface area contributed by atoms with Crippen molar-refractivity contribution in [3.63, 3.8) is 0 Å². The van der Waals surface area contributed by atoms with Crippen LogP contribution in [-0.4, -0.2) is 170 Å². The molecule has 14 nitrogen and oxygen atoms in total. The number of epoxide rings is 1. The number of fused-ring (bicyclic) bond motifs is 6. The van der Waals surface area contributed by atoms with Gasteiger partial charge in [0.2, 0.25) is 0 Å². The first-order valence-corrected chi connectivity index (χ1v) is 24.6. The number of likely N-dealkylation sites (N-methyl/N-ethyl adjacent to an activating group) is 1. The molecule has 12 atom stereocenters. The number of esters is 3. The largest absolute Gasteiger partial charge is 0.468 e. The lowest BCUT2D eigenvalue weighted by Gasteiger charge is -2.58. The van der Waals surface area contributed by atoms with Crippen LogP contribution in [0.5, 0.6) is 0 Å². The molecule has 1 aromatic carbocycles. The smallest absolute Gasteiger partial charge is 0.347 e. The average Bonchev–Trinajstić information content (AvgIpc) is 3.54. The number of thioether (sulfide) groups is 1. The van der Waals surface area contributed by atoms with Gasteiger partial charge in [0.05, 0.1) is 31.3 Å². The molecule has 2 aromatic rings. The molecule has 15 heteroatoms. The van der Waals surface area contributed by atoms with E-state index in [9.17, 15) is 14.7 Å². The van der Waals surface area contributed by atoms with Crippen LogP contribution < -0.4 is 0 Å². The van der Waals surface area contributed by atoms with Crippen molar-refractivity contribution in [2.45, 2.75) is 105 Å². The number of hydrogen-bond donors (Lipinski definition) is 2. The van der Waals surface area contributed by atoms with Gasteiger partial charge in [-0.3, -0.25) is 19.4 Å². The minimum Gasteiger partial charge on any atom is -0.468 e. The summed E-state index contributed by atoms with van der Waals surface area (Å²) in [6.45, 7) is 9.95. The molecule has 65 heavy (non-hydrogen) atoms. The van der Waals surface area contributed by atoms with E-state index in [2.05, 4.69) is 95.0 Å². The first-order valence-electron chi connectivity index (χ1n) is 23.6. The van der Waals surface area contributed by atoms with E-state index in [0.29, 0.717) is 51.6 Å². The zero-order chi connectivity index (χ0) is 46.1. The van der Waals surface area contributed by atoms with Crippen LogP contribution in [-0.2, 0) is 49.9 Å². The van der Waals surface area contributed by atoms with Crippen LogP contribution in [0, 0.1) is 22.7 Å². The number of carbonyl (C=O) groups is 3. The molecule has 352 valence electrons. The summed E-state index contributed by atoms with van der Waals surface area (Å²) in [4.78, 5) is 57.7. The molecule has 5 fully saturated rings. The van der Waals surface area contributed by atoms with Crippen molar-refractivity contribution in [2.75, 3.05) is 87.5 Å². The van der Waals surface area contributed by atoms with Gasteiger partial charge in [0.1, 0.15) is 5.41 Å². The van der Waals surface area contributed by atoms with Gasteiger partial charge in [-0.25, -0.2) is 4.79 Å². The number of rotatable bonds is 11. The van der Waals surface area contributed by atoms with E-state index in [1.807, 2.05) is 18.8 Å². The Morgan fingerprint density at radius 2 is 1.83 bits per heavy atom. The van der Waals surface area contributed by atoms with Gasteiger partial charge in [0.25, 0.3) is 5.60 Å². The van der Waals surface area contributed by atoms with Crippen molar-refractivity contribution in [3.05, 3.63) is 65.0 Å². The molecule has 10 rings (SSSR count). The number of benzene rings is 1. The number of allylic oxidation sites excluding steroid dienone is 1. The van der Waals surface area contributed by atoms with Crippen molar-refractivity contribution in [3.8, 4) is 0 Å². The number of likely N-dealkylation sites (tertiary alicyclic amines) is 1. The third kappa shape index (κ3) is 5.91. The molecule has 2 N–H and O–H groups in total. The quantitative estimate of drug-likeness (QED) is 0.106. The van der Waals surface area contributed by atoms with Gasteiger partial charge in [0.15, 0.2) is 11.8 Å². The van der Waals surface area contributed by atoms with E-state index in [4.69, 9.17) is 23.7 Å². The third-order valence-corrected chi connectivity index (χ3v) is 18.3. The summed E-state index contributed by atoms with van der Waals surface area (Å²) >= 11 is 1.83. The van der Waals surface area contributed by atoms with Crippen LogP contribution in [0.1, 0.15) is 64.1 Å². The zero-order valence-electron chi connectivity index (χ0n) is 39.5. The number of H-pyrrole nitrogens is 1. The van der Waals surface area contributed by atoms with Gasteiger partial charge < -0.3 is 43.6 Å². The van der Waals surface area contributed by atoms with Crippen molar-refractivity contribution in [1.82, 2.24) is 24.6 Å². The fraction of sp³-hybridized carbons (Fsp3) is 0.660. The molecule has 1 aromatic heterocycles. The molecular weight excluding hydrogens is 847 g/mol. The standard InChI is InChI=1S/C50H67N5O9S/c1-10-45(59)26-31-27-47(43(57)61-8,40-33(15-19-54(28-31)29-45)34-23-32(13-14-37(34)51-40)65-22-21-52(4)5)36-24-35-38(25-39(36)60-7)53(6)50-48(35)17-20-55-18-12-16-46(11-2,41(48)55)42(63-30(3)56)49(50,64-50)44(58)62-9/h12-14,16,23-25,31,36,39,41-42,51,59H,10-11,15,17-22,26-29H2,1-9H3/t31-,36?,39?,41+,42-,45+,46-,47+,48-,49+,50+/m1/s1. The molecule has 2 aliphatic carbocycles. The Morgan fingerprint density at radius 3 is 2.52 bits per heavy atom. The Hall–Kier alpha value is -3.70. The van der Waals surface area contributed by atoms with Crippen LogP contribution in [0.25, 0.3) is 10.9 Å². The first kappa shape index (κ1) is 45.1. The zero-order valence-corrected chi connectivity index (χ0v) is 40.3. The Morgan fingerprint density at radius 1 is 1.05 bits per heavy atom. The van der Waals surface area contributed by atoms with Crippen LogP contribution in [0.3, 0.4) is 0 Å². The van der Waals surface area contributed by atoms with Gasteiger partial charge in [-0.15, -0.1) is 11.8 Å². The number of piperidine rings is 1. The molecule has 6 aliphatic heterocycles. The second kappa shape index (κ2) is 15.7. The van der Waals surface area contributed by atoms with Crippen molar-refractivity contribution in [2.24, 2.45) is 22.7 Å². The predicted molar refractivity (Wildman–Crippen MR) is 246 cm³/mol. The van der Waals surface area contributed by atoms with E-state index in [1.54, 1.807) is 7.11 Å². The van der Waals surface area contributed by atoms with E-state index in [-0.39, 0.29) is 17.9 Å². The van der Waals surface area contributed by atoms with E-state index < -0.39 is 63.2 Å². The lowest BCUT2D eigenvalue weighted by atomic mass is 9.48. The summed E-state index contributed by atoms with van der Waals surface area (Å²) in [5, 5.41) is 13.2. The summed E-state index contributed by atoms with van der Waals surface area (Å²) < 4.78 is 31.9. The maximum absolute atomic E-state index is 15.7. The molecule has 2 bridgehead atoms. The predicted octanol–water partition coefficient (Wildman–Crippen LogP) is 4.65. The second-order valence-electron chi connectivity index (χ2n) is 20.5. The summed E-state index contributed by atoms with van der Waals surface area (Å²) in [5.74, 6) is -1.14. The third-order valence-electron chi connectivity index (χ3n) is 17.3. The molecule has 1 saturated carbocycles. The van der Waals surface area contributed by atoms with E-state index in [0.717, 1.165) is 65.4 Å². The lowest BCUT2D eigenvalue weighted by Crippen LogP contribution is -2.73. The normalized spacial score (nSPS) is 40.0. The number of carbonyl (C=O) groups excluding carboxylic acids is 3. The van der Waals surface area contributed by atoms with Crippen LogP contribution in [0.2, 0.25) is 0 Å². The Bertz CT molecular complexity index is 2400. The van der Waals surface area contributed by atoms with Gasteiger partial charge in [-0.05, 0) is 100 Å². The van der Waals surface area contributed by atoms with Crippen molar-refractivity contribution in [1.29, 1.82) is 0 Å². The molecule has 2 spiro atoms. The molecule has 3 unspecified atom stereocenters. The monoisotopic (exact) mass is 913 g/mol. The molecule has 7 heterocycles. The SMILES string of the molecule is CC[C@]1(O)C[C@H]2CN(CCc3c([nH]c4ccc(SCCN(C)C)cc34)[C@@](C(=O)OC)(C3C=C4C(=CC3OC)N(C)[C@@]35O[C@]3(C(=O)OC)[C@H](OC(C)=O)[C@]3(CC)C=CCN6CC[C@]45[C@@H]63)C2)C1. The lowest BCUT2D eigenvalue weighted by molar-refractivity contribution is -0.182. The van der Waals surface area contributed by atoms with Gasteiger partial charge in [0, 0.05) is 104 Å². The highest BCUT2D eigenvalue weighted by Crippen LogP contribution is 2.82. The molecular formula is C50H67N5O9S. The van der Waals surface area contributed by atoms with E-state index in [1.165, 1.54) is 26.0 Å². The second-order valence-corrected chi connectivity index (χ2v) is 21.7. The number of aliphatic hydroxyl groups is 1. The number of nitrogens with zero attached hydrogens (tertiary/aromatic N) is 4. The number of methoxy groups -OCH3 is 3. The maximum atomic E-state index is 15.7. The van der Waals surface area contributed by atoms with Crippen LogP contribution in [0.15, 0.2) is 58.7 Å². The number of nitrogens with one attached hydrogen (secondary N) is 1. The summed E-state index contributed by atoms with van der Waals surface area (Å²) in [6.07, 6.45) is 10.6. The summed E-state index contributed by atoms with van der Waals surface area (Å²) in [6, 6.07) is 6.36. The Kier molecular flexibility index (Phi) is 10.9. The summed E-state index contributed by atoms with van der Waals surface area (Å²) in [7, 11) is 10.7. The number of aromatic amines is 1. The molecule has 0 amide bonds.